The summed E-state index contributed by atoms with van der Waals surface area (Å²) in [5, 5.41) is 0.925. The molecule has 5 heteroatoms. The number of nitrogens with zero attached hydrogens (tertiary/aromatic N) is 2. The number of ether oxygens (including phenoxy) is 1. The van der Waals surface area contributed by atoms with Gasteiger partial charge < -0.3 is 4.74 Å². The Labute approximate surface area is 129 Å². The zero-order chi connectivity index (χ0) is 14.8. The van der Waals surface area contributed by atoms with Crippen LogP contribution < -0.4 is 0 Å². The summed E-state index contributed by atoms with van der Waals surface area (Å²) >= 11 is 3.46. The molecule has 0 amide bonds. The Morgan fingerprint density at radius 2 is 2.00 bits per heavy atom. The highest BCUT2D eigenvalue weighted by molar-refractivity contribution is 9.10. The van der Waals surface area contributed by atoms with Crippen LogP contribution in [0.25, 0.3) is 22.2 Å². The predicted molar refractivity (Wildman–Crippen MR) is 84.0 cm³/mol. The van der Waals surface area contributed by atoms with Gasteiger partial charge in [0.25, 0.3) is 0 Å². The van der Waals surface area contributed by atoms with E-state index in [1.807, 2.05) is 30.3 Å². The molecule has 4 nitrogen and oxygen atoms in total. The van der Waals surface area contributed by atoms with E-state index < -0.39 is 0 Å². The van der Waals surface area contributed by atoms with Crippen molar-refractivity contribution in [2.75, 3.05) is 7.11 Å². The number of methoxy groups -OCH3 is 1. The molecule has 3 aromatic rings. The third kappa shape index (κ3) is 2.64. The molecule has 0 fully saturated rings. The van der Waals surface area contributed by atoms with Gasteiger partial charge in [0.1, 0.15) is 6.33 Å². The molecule has 2 aromatic carbocycles. The van der Waals surface area contributed by atoms with Gasteiger partial charge in [-0.2, -0.15) is 0 Å². The van der Waals surface area contributed by atoms with Crippen molar-refractivity contribution in [2.24, 2.45) is 0 Å². The number of rotatable bonds is 2. The number of esters is 1. The second-order valence-corrected chi connectivity index (χ2v) is 5.37. The Kier molecular flexibility index (Phi) is 3.66. The summed E-state index contributed by atoms with van der Waals surface area (Å²) in [5.41, 5.74) is 2.99. The average molecular weight is 343 g/mol. The van der Waals surface area contributed by atoms with Gasteiger partial charge in [-0.1, -0.05) is 28.1 Å². The molecule has 1 aromatic heterocycles. The fraction of sp³-hybridized carbons (Fsp3) is 0.0625. The topological polar surface area (TPSA) is 52.1 Å². The first-order valence-corrected chi connectivity index (χ1v) is 7.07. The first kappa shape index (κ1) is 13.7. The first-order chi connectivity index (χ1) is 10.2. The standard InChI is InChI=1S/C16H11BrN2O2/c1-21-16(20)11-4-2-3-10(7-11)15-13-8-12(17)5-6-14(13)18-9-19-15/h2-9H,1H3. The molecule has 0 aliphatic carbocycles. The van der Waals surface area contributed by atoms with Gasteiger partial charge in [0.05, 0.1) is 23.9 Å². The van der Waals surface area contributed by atoms with Crippen LogP contribution in [-0.4, -0.2) is 23.0 Å². The number of benzene rings is 2. The van der Waals surface area contributed by atoms with Gasteiger partial charge in [-0.3, -0.25) is 0 Å². The quantitative estimate of drug-likeness (QED) is 0.664. The molecule has 104 valence electrons. The molecule has 0 bridgehead atoms. The van der Waals surface area contributed by atoms with Gasteiger partial charge in [-0.25, -0.2) is 14.8 Å². The lowest BCUT2D eigenvalue weighted by Gasteiger charge is -2.07. The number of hydrogen-bond donors (Lipinski definition) is 0. The molecule has 0 aliphatic heterocycles. The summed E-state index contributed by atoms with van der Waals surface area (Å²) in [4.78, 5) is 20.3. The minimum atomic E-state index is -0.364. The van der Waals surface area contributed by atoms with Crippen LogP contribution in [0.1, 0.15) is 10.4 Å². The van der Waals surface area contributed by atoms with Crippen LogP contribution in [0.3, 0.4) is 0 Å². The van der Waals surface area contributed by atoms with E-state index >= 15 is 0 Å². The molecule has 0 unspecified atom stereocenters. The van der Waals surface area contributed by atoms with Crippen LogP contribution in [0.2, 0.25) is 0 Å². The highest BCUT2D eigenvalue weighted by Crippen LogP contribution is 2.28. The van der Waals surface area contributed by atoms with Crippen molar-refractivity contribution in [3.05, 3.63) is 58.8 Å². The maximum atomic E-state index is 11.7. The molecule has 21 heavy (non-hydrogen) atoms. The summed E-state index contributed by atoms with van der Waals surface area (Å²) in [6, 6.07) is 13.0. The lowest BCUT2D eigenvalue weighted by atomic mass is 10.0. The Bertz CT molecular complexity index is 833. The number of fused-ring (bicyclic) bond motifs is 1. The van der Waals surface area contributed by atoms with Crippen LogP contribution in [0.5, 0.6) is 0 Å². The molecule has 0 saturated heterocycles. The summed E-state index contributed by atoms with van der Waals surface area (Å²) in [5.74, 6) is -0.364. The minimum absolute atomic E-state index is 0.364. The Hall–Kier alpha value is -2.27. The molecular weight excluding hydrogens is 332 g/mol. The fourth-order valence-corrected chi connectivity index (χ4v) is 2.53. The van der Waals surface area contributed by atoms with Crippen molar-refractivity contribution in [3.8, 4) is 11.3 Å². The van der Waals surface area contributed by atoms with Crippen molar-refractivity contribution in [3.63, 3.8) is 0 Å². The van der Waals surface area contributed by atoms with E-state index in [0.29, 0.717) is 5.56 Å². The van der Waals surface area contributed by atoms with E-state index in [0.717, 1.165) is 26.6 Å². The summed E-state index contributed by atoms with van der Waals surface area (Å²) in [6.45, 7) is 0. The van der Waals surface area contributed by atoms with Crippen molar-refractivity contribution >= 4 is 32.8 Å². The zero-order valence-electron chi connectivity index (χ0n) is 11.2. The molecule has 1 heterocycles. The normalized spacial score (nSPS) is 10.6. The second kappa shape index (κ2) is 5.61. The van der Waals surface area contributed by atoms with E-state index in [4.69, 9.17) is 4.74 Å². The summed E-state index contributed by atoms with van der Waals surface area (Å²) in [7, 11) is 1.37. The van der Waals surface area contributed by atoms with Gasteiger partial charge in [-0.15, -0.1) is 0 Å². The average Bonchev–Trinajstić information content (AvgIpc) is 2.53. The van der Waals surface area contributed by atoms with Crippen LogP contribution >= 0.6 is 15.9 Å². The van der Waals surface area contributed by atoms with Gasteiger partial charge in [0.2, 0.25) is 0 Å². The number of hydrogen-bond acceptors (Lipinski definition) is 4. The van der Waals surface area contributed by atoms with Crippen molar-refractivity contribution in [1.29, 1.82) is 0 Å². The smallest absolute Gasteiger partial charge is 0.337 e. The largest absolute Gasteiger partial charge is 0.465 e. The van der Waals surface area contributed by atoms with Crippen LogP contribution in [0.4, 0.5) is 0 Å². The molecule has 0 spiro atoms. The predicted octanol–water partition coefficient (Wildman–Crippen LogP) is 3.85. The number of carbonyl (C=O) groups is 1. The van der Waals surface area contributed by atoms with Crippen molar-refractivity contribution < 1.29 is 9.53 Å². The summed E-state index contributed by atoms with van der Waals surface area (Å²) in [6.07, 6.45) is 1.52. The van der Waals surface area contributed by atoms with Gasteiger partial charge in [0, 0.05) is 15.4 Å². The number of halogens is 1. The van der Waals surface area contributed by atoms with Gasteiger partial charge >= 0.3 is 5.97 Å². The zero-order valence-corrected chi connectivity index (χ0v) is 12.8. The second-order valence-electron chi connectivity index (χ2n) is 4.46. The Balaban J connectivity index is 2.21. The van der Waals surface area contributed by atoms with Gasteiger partial charge in [-0.05, 0) is 30.3 Å². The maximum absolute atomic E-state index is 11.7. The number of aromatic nitrogens is 2. The molecule has 0 N–H and O–H groups in total. The third-order valence-electron chi connectivity index (χ3n) is 3.15. The van der Waals surface area contributed by atoms with Crippen LogP contribution in [0, 0.1) is 0 Å². The molecule has 0 saturated carbocycles. The highest BCUT2D eigenvalue weighted by atomic mass is 79.9. The SMILES string of the molecule is COC(=O)c1cccc(-c2ncnc3ccc(Br)cc23)c1. The van der Waals surface area contributed by atoms with Crippen molar-refractivity contribution in [1.82, 2.24) is 9.97 Å². The fourth-order valence-electron chi connectivity index (χ4n) is 2.17. The molecular formula is C16H11BrN2O2. The molecule has 0 aliphatic rings. The Morgan fingerprint density at radius 1 is 1.14 bits per heavy atom. The van der Waals surface area contributed by atoms with Crippen LogP contribution in [0.15, 0.2) is 53.3 Å². The van der Waals surface area contributed by atoms with E-state index in [1.165, 1.54) is 13.4 Å². The van der Waals surface area contributed by atoms with E-state index in [9.17, 15) is 4.79 Å². The minimum Gasteiger partial charge on any atom is -0.465 e. The van der Waals surface area contributed by atoms with Crippen molar-refractivity contribution in [2.45, 2.75) is 0 Å². The monoisotopic (exact) mass is 342 g/mol. The first-order valence-electron chi connectivity index (χ1n) is 6.28. The Morgan fingerprint density at radius 3 is 2.81 bits per heavy atom. The number of carbonyl (C=O) groups excluding carboxylic acids is 1. The third-order valence-corrected chi connectivity index (χ3v) is 3.65. The maximum Gasteiger partial charge on any atom is 0.337 e. The summed E-state index contributed by atoms with van der Waals surface area (Å²) < 4.78 is 5.71. The van der Waals surface area contributed by atoms with E-state index in [2.05, 4.69) is 25.9 Å². The molecule has 0 atom stereocenters. The van der Waals surface area contributed by atoms with E-state index in [-0.39, 0.29) is 5.97 Å². The highest BCUT2D eigenvalue weighted by Gasteiger charge is 2.10. The van der Waals surface area contributed by atoms with E-state index in [1.54, 1.807) is 12.1 Å². The van der Waals surface area contributed by atoms with Gasteiger partial charge in [0.15, 0.2) is 0 Å². The van der Waals surface area contributed by atoms with Crippen LogP contribution in [-0.2, 0) is 4.74 Å². The molecule has 3 rings (SSSR count). The molecule has 0 radical (unpaired) electrons. The lowest BCUT2D eigenvalue weighted by molar-refractivity contribution is 0.0601. The lowest BCUT2D eigenvalue weighted by Crippen LogP contribution is -2.01.